The van der Waals surface area contributed by atoms with E-state index in [1.54, 1.807) is 0 Å². The van der Waals surface area contributed by atoms with Crippen molar-refractivity contribution in [3.05, 3.63) is 28.8 Å². The van der Waals surface area contributed by atoms with Gasteiger partial charge in [0.2, 0.25) is 11.5 Å². The molecule has 176 valence electrons. The molecular weight excluding hydrogens is 452 g/mol. The van der Waals surface area contributed by atoms with Crippen molar-refractivity contribution in [1.82, 2.24) is 0 Å². The number of rotatable bonds is 0. The SMILES string of the molecule is O=C1OC2C(COC(O)C2O)OC(=O)c2cc(O)c(O)c3c2C2C1=CC(=O)C(O)(O3)C2(O)O. The molecule has 1 fully saturated rings. The number of aliphatic hydroxyl groups excluding tert-OH is 2. The zero-order valence-electron chi connectivity index (χ0n) is 16.2. The van der Waals surface area contributed by atoms with Crippen molar-refractivity contribution in [3.63, 3.8) is 0 Å². The number of ketones is 1. The Morgan fingerprint density at radius 3 is 2.39 bits per heavy atom. The minimum Gasteiger partial charge on any atom is -0.504 e. The fraction of sp³-hybridized carbons (Fsp3) is 0.421. The Hall–Kier alpha value is -3.27. The summed E-state index contributed by atoms with van der Waals surface area (Å²) < 4.78 is 20.2. The highest BCUT2D eigenvalue weighted by atomic mass is 16.7. The van der Waals surface area contributed by atoms with Gasteiger partial charge in [-0.1, -0.05) is 0 Å². The molecule has 3 heterocycles. The summed E-state index contributed by atoms with van der Waals surface area (Å²) in [5.74, 6) is -16.3. The molecule has 1 aromatic carbocycles. The molecular formula is C19H16O14. The van der Waals surface area contributed by atoms with Crippen molar-refractivity contribution in [3.8, 4) is 17.2 Å². The van der Waals surface area contributed by atoms with E-state index in [0.717, 1.165) is 0 Å². The lowest BCUT2D eigenvalue weighted by Gasteiger charge is -2.49. The first-order valence-electron chi connectivity index (χ1n) is 9.49. The van der Waals surface area contributed by atoms with E-state index in [4.69, 9.17) is 18.9 Å². The van der Waals surface area contributed by atoms with E-state index in [1.807, 2.05) is 0 Å². The van der Waals surface area contributed by atoms with Gasteiger partial charge in [0.25, 0.3) is 5.79 Å². The molecule has 1 aliphatic carbocycles. The van der Waals surface area contributed by atoms with Gasteiger partial charge in [-0.05, 0) is 12.1 Å². The molecule has 1 saturated heterocycles. The van der Waals surface area contributed by atoms with E-state index >= 15 is 0 Å². The molecule has 2 bridgehead atoms. The molecule has 6 unspecified atom stereocenters. The minimum absolute atomic E-state index is 0.498. The van der Waals surface area contributed by atoms with Gasteiger partial charge in [-0.25, -0.2) is 9.59 Å². The number of carbonyl (C=O) groups excluding carboxylic acids is 3. The summed E-state index contributed by atoms with van der Waals surface area (Å²) >= 11 is 0. The molecule has 14 nitrogen and oxygen atoms in total. The molecule has 0 spiro atoms. The highest BCUT2D eigenvalue weighted by Crippen LogP contribution is 2.58. The van der Waals surface area contributed by atoms with E-state index in [9.17, 15) is 50.1 Å². The van der Waals surface area contributed by atoms with Gasteiger partial charge in [-0.15, -0.1) is 0 Å². The summed E-state index contributed by atoms with van der Waals surface area (Å²) in [6.45, 7) is -0.532. The molecule has 0 saturated carbocycles. The van der Waals surface area contributed by atoms with Crippen LogP contribution in [0.4, 0.5) is 0 Å². The van der Waals surface area contributed by atoms with Crippen LogP contribution in [0.5, 0.6) is 17.2 Å². The van der Waals surface area contributed by atoms with Gasteiger partial charge in [0.15, 0.2) is 30.0 Å². The first-order valence-corrected chi connectivity index (χ1v) is 9.49. The van der Waals surface area contributed by atoms with Gasteiger partial charge in [0.1, 0.15) is 6.10 Å². The van der Waals surface area contributed by atoms with E-state index < -0.39 is 100 Å². The Morgan fingerprint density at radius 2 is 1.70 bits per heavy atom. The average Bonchev–Trinajstić information content (AvgIpc) is 2.74. The fourth-order valence-corrected chi connectivity index (χ4v) is 4.34. The van der Waals surface area contributed by atoms with E-state index in [1.165, 1.54) is 0 Å². The van der Waals surface area contributed by atoms with Crippen LogP contribution in [-0.2, 0) is 23.8 Å². The Morgan fingerprint density at radius 1 is 1.00 bits per heavy atom. The summed E-state index contributed by atoms with van der Waals surface area (Å²) in [5, 5.41) is 72.4. The lowest BCUT2D eigenvalue weighted by molar-refractivity contribution is -0.339. The monoisotopic (exact) mass is 468 g/mol. The molecule has 0 aromatic heterocycles. The van der Waals surface area contributed by atoms with Crippen LogP contribution >= 0.6 is 0 Å². The van der Waals surface area contributed by atoms with Crippen LogP contribution in [0.2, 0.25) is 0 Å². The number of esters is 2. The predicted octanol–water partition coefficient (Wildman–Crippen LogP) is -3.39. The summed E-state index contributed by atoms with van der Waals surface area (Å²) in [6, 6.07) is 0.686. The number of phenols is 2. The number of hydrogen-bond acceptors (Lipinski definition) is 14. The number of aliphatic hydroxyl groups is 5. The number of fused-ring (bicyclic) bond motifs is 2. The number of hydrogen-bond donors (Lipinski definition) is 7. The second-order valence-electron chi connectivity index (χ2n) is 7.93. The summed E-state index contributed by atoms with van der Waals surface area (Å²) in [7, 11) is 0. The number of carbonyl (C=O) groups is 3. The van der Waals surface area contributed by atoms with E-state index in [0.29, 0.717) is 12.1 Å². The van der Waals surface area contributed by atoms with Crippen molar-refractivity contribution < 1.29 is 69.1 Å². The van der Waals surface area contributed by atoms with Crippen molar-refractivity contribution in [2.75, 3.05) is 6.61 Å². The second kappa shape index (κ2) is 6.63. The van der Waals surface area contributed by atoms with Crippen molar-refractivity contribution in [2.24, 2.45) is 0 Å². The third-order valence-electron chi connectivity index (χ3n) is 6.03. The topological polar surface area (TPSA) is 230 Å². The first kappa shape index (κ1) is 21.6. The van der Waals surface area contributed by atoms with Crippen LogP contribution < -0.4 is 4.74 Å². The number of ether oxygens (including phenoxy) is 4. The lowest BCUT2D eigenvalue weighted by Crippen LogP contribution is -2.70. The standard InChI is InChI=1S/C19H16O14/c20-6-1-4-9-10-5(2-8(21)19(29,18(10,27)28)33-14(9)11(6)22)16(25)32-13-7(31-15(4)24)3-30-17(26)12(13)23/h1-2,7,10,12-13,17,20,22-23,26-29H,3H2. The summed E-state index contributed by atoms with van der Waals surface area (Å²) in [6.07, 6.45) is -6.41. The van der Waals surface area contributed by atoms with Crippen LogP contribution in [-0.4, -0.2) is 96.3 Å². The lowest BCUT2D eigenvalue weighted by atomic mass is 9.70. The number of phenolic OH excluding ortho intramolecular Hbond substituents is 2. The van der Waals surface area contributed by atoms with Gasteiger partial charge in [0.05, 0.1) is 23.7 Å². The van der Waals surface area contributed by atoms with Crippen LogP contribution in [0.25, 0.3) is 0 Å². The van der Waals surface area contributed by atoms with Gasteiger partial charge < -0.3 is 54.7 Å². The summed E-state index contributed by atoms with van der Waals surface area (Å²) in [5.41, 5.74) is -2.02. The third kappa shape index (κ3) is 2.67. The molecule has 6 atom stereocenters. The van der Waals surface area contributed by atoms with Gasteiger partial charge in [0, 0.05) is 5.56 Å². The van der Waals surface area contributed by atoms with Gasteiger partial charge >= 0.3 is 17.7 Å². The summed E-state index contributed by atoms with van der Waals surface area (Å²) in [4.78, 5) is 38.6. The maximum atomic E-state index is 13.0. The molecule has 5 rings (SSSR count). The average molecular weight is 468 g/mol. The second-order valence-corrected chi connectivity index (χ2v) is 7.93. The first-order chi connectivity index (χ1) is 15.4. The predicted molar refractivity (Wildman–Crippen MR) is 95.4 cm³/mol. The van der Waals surface area contributed by atoms with Gasteiger partial charge in [-0.2, -0.15) is 0 Å². The molecule has 33 heavy (non-hydrogen) atoms. The molecule has 4 aliphatic rings. The normalized spacial score (nSPS) is 36.6. The minimum atomic E-state index is -3.56. The number of aromatic hydroxyl groups is 2. The Kier molecular flexibility index (Phi) is 4.33. The van der Waals surface area contributed by atoms with Crippen molar-refractivity contribution in [1.29, 1.82) is 0 Å². The molecule has 1 aromatic rings. The molecule has 14 heteroatoms. The van der Waals surface area contributed by atoms with Crippen LogP contribution in [0.3, 0.4) is 0 Å². The zero-order valence-corrected chi connectivity index (χ0v) is 16.2. The highest BCUT2D eigenvalue weighted by Gasteiger charge is 2.70. The quantitative estimate of drug-likeness (QED) is 0.112. The van der Waals surface area contributed by atoms with Crippen LogP contribution in [0.15, 0.2) is 17.7 Å². The molecule has 7 N–H and O–H groups in total. The van der Waals surface area contributed by atoms with Crippen LogP contribution in [0.1, 0.15) is 21.8 Å². The Balaban J connectivity index is 1.80. The Bertz CT molecular complexity index is 1140. The zero-order chi connectivity index (χ0) is 24.0. The molecule has 0 radical (unpaired) electrons. The van der Waals surface area contributed by atoms with E-state index in [-0.39, 0.29) is 0 Å². The smallest absolute Gasteiger partial charge is 0.339 e. The number of benzene rings is 1. The van der Waals surface area contributed by atoms with Crippen LogP contribution in [0, 0.1) is 0 Å². The van der Waals surface area contributed by atoms with Crippen molar-refractivity contribution in [2.45, 2.75) is 42.1 Å². The third-order valence-corrected chi connectivity index (χ3v) is 6.03. The largest absolute Gasteiger partial charge is 0.504 e. The van der Waals surface area contributed by atoms with Gasteiger partial charge in [-0.3, -0.25) is 4.79 Å². The highest BCUT2D eigenvalue weighted by molar-refractivity contribution is 6.08. The Labute approximate surface area is 182 Å². The molecule has 0 amide bonds. The van der Waals surface area contributed by atoms with Crippen molar-refractivity contribution >= 4 is 17.7 Å². The fourth-order valence-electron chi connectivity index (χ4n) is 4.34. The maximum absolute atomic E-state index is 13.0. The maximum Gasteiger partial charge on any atom is 0.339 e. The molecule has 3 aliphatic heterocycles. The van der Waals surface area contributed by atoms with E-state index in [2.05, 4.69) is 0 Å².